The van der Waals surface area contributed by atoms with E-state index in [1.54, 1.807) is 12.1 Å². The first-order chi connectivity index (χ1) is 7.60. The van der Waals surface area contributed by atoms with Crippen LogP contribution in [0.15, 0.2) is 24.3 Å². The topological polar surface area (TPSA) is 60.2 Å². The maximum atomic E-state index is 11.5. The number of hydrogen-bond donors (Lipinski definition) is 2. The van der Waals surface area contributed by atoms with E-state index in [1.807, 2.05) is 0 Å². The third-order valence-electron chi connectivity index (χ3n) is 2.06. The van der Waals surface area contributed by atoms with Gasteiger partial charge in [0.25, 0.3) is 5.69 Å². The van der Waals surface area contributed by atoms with Crippen molar-refractivity contribution >= 4 is 45.9 Å². The molecule has 4 nitrogen and oxygen atoms in total. The van der Waals surface area contributed by atoms with Crippen LogP contribution in [-0.4, -0.2) is 15.8 Å². The number of nitrogens with zero attached hydrogens (tertiary/aromatic N) is 1. The fraction of sp³-hybridized carbons (Fsp3) is 0.222. The molecule has 0 aliphatic rings. The van der Waals surface area contributed by atoms with E-state index in [0.717, 1.165) is 10.8 Å². The number of non-ortho nitro benzene ring substituents is 1. The van der Waals surface area contributed by atoms with Gasteiger partial charge in [0.2, 0.25) is 5.12 Å². The van der Waals surface area contributed by atoms with E-state index in [4.69, 9.17) is 0 Å². The monoisotopic (exact) mass is 275 g/mol. The highest BCUT2D eigenvalue weighted by Crippen LogP contribution is 2.26. The highest BCUT2D eigenvalue weighted by atomic mass is 33.1. The predicted octanol–water partition coefficient (Wildman–Crippen LogP) is 2.71. The molecule has 1 rings (SSSR count). The fourth-order valence-electron chi connectivity index (χ4n) is 1.21. The van der Waals surface area contributed by atoms with Gasteiger partial charge < -0.3 is 0 Å². The molecular weight excluding hydrogens is 266 g/mol. The van der Waals surface area contributed by atoms with Crippen molar-refractivity contribution in [3.8, 4) is 0 Å². The quantitative estimate of drug-likeness (QED) is 0.384. The molecule has 0 radical (unpaired) electrons. The lowest BCUT2D eigenvalue weighted by atomic mass is 10.0. The Kier molecular flexibility index (Phi) is 5.17. The number of rotatable bonds is 4. The number of nitro benzene ring substituents is 1. The Balaban J connectivity index is 2.95. The minimum absolute atomic E-state index is 0.00707. The number of benzene rings is 1. The van der Waals surface area contributed by atoms with Gasteiger partial charge in [-0.15, -0.1) is 11.7 Å². The summed E-state index contributed by atoms with van der Waals surface area (Å²) in [5, 5.41) is 10.3. The smallest absolute Gasteiger partial charge is 0.269 e. The molecule has 7 heteroatoms. The molecule has 1 atom stereocenters. The van der Waals surface area contributed by atoms with Crippen LogP contribution in [0.25, 0.3) is 0 Å². The average Bonchev–Trinajstić information content (AvgIpc) is 2.30. The van der Waals surface area contributed by atoms with Crippen molar-refractivity contribution < 1.29 is 9.72 Å². The second kappa shape index (κ2) is 6.17. The molecular formula is C9H9NO3S3. The van der Waals surface area contributed by atoms with Crippen LogP contribution in [0.3, 0.4) is 0 Å². The lowest BCUT2D eigenvalue weighted by Crippen LogP contribution is -2.09. The van der Waals surface area contributed by atoms with Crippen LogP contribution in [-0.2, 0) is 4.79 Å². The van der Waals surface area contributed by atoms with Gasteiger partial charge in [-0.1, -0.05) is 12.1 Å². The zero-order valence-electron chi connectivity index (χ0n) is 8.07. The van der Waals surface area contributed by atoms with Gasteiger partial charge in [-0.2, -0.15) is 12.6 Å². The summed E-state index contributed by atoms with van der Waals surface area (Å²) in [6.45, 7) is 0. The molecule has 0 spiro atoms. The van der Waals surface area contributed by atoms with E-state index >= 15 is 0 Å². The van der Waals surface area contributed by atoms with Crippen molar-refractivity contribution in [3.63, 3.8) is 0 Å². The lowest BCUT2D eigenvalue weighted by molar-refractivity contribution is -0.384. The van der Waals surface area contributed by atoms with Gasteiger partial charge in [-0.05, 0) is 16.4 Å². The Morgan fingerprint density at radius 2 is 2.00 bits per heavy atom. The van der Waals surface area contributed by atoms with Crippen LogP contribution in [0.2, 0.25) is 0 Å². The van der Waals surface area contributed by atoms with Gasteiger partial charge in [0.15, 0.2) is 0 Å². The third-order valence-corrected chi connectivity index (χ3v) is 3.43. The SMILES string of the molecule is O=C(SS)C(CS)c1ccc([N+](=O)[O-])cc1. The van der Waals surface area contributed by atoms with Gasteiger partial charge in [-0.3, -0.25) is 14.9 Å². The van der Waals surface area contributed by atoms with Crippen molar-refractivity contribution in [2.45, 2.75) is 5.92 Å². The van der Waals surface area contributed by atoms with Crippen molar-refractivity contribution in [3.05, 3.63) is 39.9 Å². The first kappa shape index (κ1) is 13.4. The van der Waals surface area contributed by atoms with E-state index in [9.17, 15) is 14.9 Å². The molecule has 0 aliphatic heterocycles. The van der Waals surface area contributed by atoms with Gasteiger partial charge in [0.05, 0.1) is 10.8 Å². The van der Waals surface area contributed by atoms with E-state index in [0.29, 0.717) is 11.3 Å². The Morgan fingerprint density at radius 3 is 2.38 bits per heavy atom. The summed E-state index contributed by atoms with van der Waals surface area (Å²) in [5.41, 5.74) is 0.722. The molecule has 86 valence electrons. The summed E-state index contributed by atoms with van der Waals surface area (Å²) in [5.74, 6) is -0.0313. The average molecular weight is 275 g/mol. The van der Waals surface area contributed by atoms with Gasteiger partial charge in [-0.25, -0.2) is 0 Å². The lowest BCUT2D eigenvalue weighted by Gasteiger charge is -2.10. The standard InChI is InChI=1S/C9H9NO3S3/c11-9(16-15)8(5-14)6-1-3-7(4-2-6)10(12)13/h1-4,8,14-15H,5H2. The summed E-state index contributed by atoms with van der Waals surface area (Å²) >= 11 is 7.92. The zero-order valence-corrected chi connectivity index (χ0v) is 10.7. The highest BCUT2D eigenvalue weighted by molar-refractivity contribution is 8.74. The van der Waals surface area contributed by atoms with Crippen molar-refractivity contribution in [2.24, 2.45) is 0 Å². The normalized spacial score (nSPS) is 12.1. The van der Waals surface area contributed by atoms with Crippen LogP contribution in [0.4, 0.5) is 5.69 Å². The minimum Gasteiger partial charge on any atom is -0.286 e. The molecule has 0 amide bonds. The van der Waals surface area contributed by atoms with E-state index in [2.05, 4.69) is 24.3 Å². The second-order valence-electron chi connectivity index (χ2n) is 2.99. The van der Waals surface area contributed by atoms with Gasteiger partial charge in [0.1, 0.15) is 0 Å². The number of hydrogen-bond acceptors (Lipinski definition) is 6. The molecule has 0 saturated heterocycles. The minimum atomic E-state index is -0.478. The molecule has 16 heavy (non-hydrogen) atoms. The van der Waals surface area contributed by atoms with E-state index < -0.39 is 4.92 Å². The van der Waals surface area contributed by atoms with Gasteiger partial charge >= 0.3 is 0 Å². The maximum Gasteiger partial charge on any atom is 0.269 e. The van der Waals surface area contributed by atoms with Gasteiger partial charge in [0, 0.05) is 17.9 Å². The molecule has 0 aromatic heterocycles. The van der Waals surface area contributed by atoms with Crippen LogP contribution in [0, 0.1) is 10.1 Å². The van der Waals surface area contributed by atoms with Crippen molar-refractivity contribution in [1.82, 2.24) is 0 Å². The Morgan fingerprint density at radius 1 is 1.44 bits per heavy atom. The Bertz CT molecular complexity index is 393. The summed E-state index contributed by atoms with van der Waals surface area (Å²) in [4.78, 5) is 21.4. The molecule has 0 N–H and O–H groups in total. The summed E-state index contributed by atoms with van der Waals surface area (Å²) < 4.78 is 0. The summed E-state index contributed by atoms with van der Waals surface area (Å²) in [6, 6.07) is 5.90. The highest BCUT2D eigenvalue weighted by Gasteiger charge is 2.19. The summed E-state index contributed by atoms with van der Waals surface area (Å²) in [6.07, 6.45) is 0. The molecule has 1 unspecified atom stereocenters. The zero-order chi connectivity index (χ0) is 12.1. The fourth-order valence-corrected chi connectivity index (χ4v) is 2.44. The molecule has 0 aliphatic carbocycles. The van der Waals surface area contributed by atoms with Crippen LogP contribution in [0.5, 0.6) is 0 Å². The van der Waals surface area contributed by atoms with Crippen LogP contribution >= 0.6 is 35.1 Å². The number of carbonyl (C=O) groups excluding carboxylic acids is 1. The van der Waals surface area contributed by atoms with Crippen LogP contribution in [0.1, 0.15) is 11.5 Å². The van der Waals surface area contributed by atoms with E-state index in [1.165, 1.54) is 12.1 Å². The Hall–Kier alpha value is -0.660. The molecule has 1 aromatic carbocycles. The molecule has 0 fully saturated rings. The first-order valence-corrected chi connectivity index (χ1v) is 6.80. The number of thiol groups is 2. The molecule has 0 saturated carbocycles. The number of carbonyl (C=O) groups is 1. The van der Waals surface area contributed by atoms with Crippen molar-refractivity contribution in [2.75, 3.05) is 5.75 Å². The Labute approximate surface area is 107 Å². The molecule has 0 heterocycles. The maximum absolute atomic E-state index is 11.5. The number of nitro groups is 1. The third kappa shape index (κ3) is 3.16. The molecule has 0 bridgehead atoms. The molecule has 1 aromatic rings. The largest absolute Gasteiger partial charge is 0.286 e. The first-order valence-electron chi connectivity index (χ1n) is 4.30. The summed E-state index contributed by atoms with van der Waals surface area (Å²) in [7, 11) is 0.836. The van der Waals surface area contributed by atoms with Crippen molar-refractivity contribution in [1.29, 1.82) is 0 Å². The second-order valence-corrected chi connectivity index (χ2v) is 4.49. The van der Waals surface area contributed by atoms with Crippen LogP contribution < -0.4 is 0 Å². The predicted molar refractivity (Wildman–Crippen MR) is 71.3 cm³/mol. The van der Waals surface area contributed by atoms with E-state index in [-0.39, 0.29) is 16.7 Å².